The van der Waals surface area contributed by atoms with Gasteiger partial charge in [0.05, 0.1) is 26.5 Å². The molecule has 1 amide bonds. The maximum atomic E-state index is 12.1. The van der Waals surface area contributed by atoms with Crippen LogP contribution in [0.25, 0.3) is 11.4 Å². The van der Waals surface area contributed by atoms with E-state index in [4.69, 9.17) is 18.4 Å². The summed E-state index contributed by atoms with van der Waals surface area (Å²) in [6.45, 7) is 1.86. The van der Waals surface area contributed by atoms with Gasteiger partial charge < -0.3 is 23.7 Å². The number of benzene rings is 1. The molecule has 0 aliphatic carbocycles. The number of carbonyl (C=O) groups excluding carboxylic acids is 1. The highest BCUT2D eigenvalue weighted by molar-refractivity contribution is 5.76. The molecule has 1 atom stereocenters. The summed E-state index contributed by atoms with van der Waals surface area (Å²) in [5, 5.41) is 6.83. The van der Waals surface area contributed by atoms with E-state index in [1.54, 1.807) is 38.7 Å². The summed E-state index contributed by atoms with van der Waals surface area (Å²) in [5.74, 6) is 2.59. The predicted molar refractivity (Wildman–Crippen MR) is 96.4 cm³/mol. The fourth-order valence-corrected chi connectivity index (χ4v) is 2.59. The molecule has 3 rings (SSSR count). The van der Waals surface area contributed by atoms with Crippen LogP contribution in [0.4, 0.5) is 0 Å². The molecule has 27 heavy (non-hydrogen) atoms. The first kappa shape index (κ1) is 18.5. The van der Waals surface area contributed by atoms with Gasteiger partial charge in [0.1, 0.15) is 5.76 Å². The summed E-state index contributed by atoms with van der Waals surface area (Å²) >= 11 is 0. The second kappa shape index (κ2) is 8.39. The molecule has 2 heterocycles. The fourth-order valence-electron chi connectivity index (χ4n) is 2.59. The maximum Gasteiger partial charge on any atom is 0.227 e. The zero-order valence-corrected chi connectivity index (χ0v) is 15.4. The first-order chi connectivity index (χ1) is 13.1. The van der Waals surface area contributed by atoms with Gasteiger partial charge in [-0.2, -0.15) is 4.98 Å². The third-order valence-corrected chi connectivity index (χ3v) is 4.02. The minimum Gasteiger partial charge on any atom is -0.493 e. The topological polar surface area (TPSA) is 99.6 Å². The highest BCUT2D eigenvalue weighted by atomic mass is 16.5. The molecule has 3 aromatic rings. The van der Waals surface area contributed by atoms with Crippen molar-refractivity contribution in [1.82, 2.24) is 15.5 Å². The summed E-state index contributed by atoms with van der Waals surface area (Å²) in [6.07, 6.45) is 2.15. The number of furan rings is 1. The lowest BCUT2D eigenvalue weighted by atomic mass is 10.2. The van der Waals surface area contributed by atoms with E-state index in [0.29, 0.717) is 35.4 Å². The van der Waals surface area contributed by atoms with Crippen molar-refractivity contribution < 1.29 is 23.2 Å². The van der Waals surface area contributed by atoms with Gasteiger partial charge in [-0.05, 0) is 37.3 Å². The van der Waals surface area contributed by atoms with Gasteiger partial charge in [-0.3, -0.25) is 4.79 Å². The quantitative estimate of drug-likeness (QED) is 0.649. The van der Waals surface area contributed by atoms with Crippen LogP contribution >= 0.6 is 0 Å². The second-order valence-electron chi connectivity index (χ2n) is 5.89. The molecule has 2 aromatic heterocycles. The Balaban J connectivity index is 1.59. The van der Waals surface area contributed by atoms with E-state index < -0.39 is 0 Å². The Morgan fingerprint density at radius 3 is 2.74 bits per heavy atom. The average Bonchev–Trinajstić information content (AvgIpc) is 3.37. The molecule has 1 unspecified atom stereocenters. The van der Waals surface area contributed by atoms with Gasteiger partial charge in [-0.15, -0.1) is 0 Å². The Bertz CT molecular complexity index is 889. The number of nitrogens with zero attached hydrogens (tertiary/aromatic N) is 2. The van der Waals surface area contributed by atoms with Crippen LogP contribution in [0.15, 0.2) is 45.5 Å². The van der Waals surface area contributed by atoms with Crippen molar-refractivity contribution in [3.05, 3.63) is 48.2 Å². The molecule has 0 saturated heterocycles. The minimum atomic E-state index is -0.197. The van der Waals surface area contributed by atoms with E-state index in [9.17, 15) is 4.79 Å². The van der Waals surface area contributed by atoms with Crippen LogP contribution in [0, 0.1) is 0 Å². The number of aryl methyl sites for hydroxylation is 1. The zero-order chi connectivity index (χ0) is 19.2. The molecular weight excluding hydrogens is 350 g/mol. The Labute approximate surface area is 156 Å². The van der Waals surface area contributed by atoms with Crippen molar-refractivity contribution in [2.24, 2.45) is 0 Å². The lowest BCUT2D eigenvalue weighted by Crippen LogP contribution is -2.26. The van der Waals surface area contributed by atoms with E-state index in [1.807, 2.05) is 19.1 Å². The molecule has 0 saturated carbocycles. The molecule has 142 valence electrons. The number of rotatable bonds is 8. The van der Waals surface area contributed by atoms with Gasteiger partial charge in [0, 0.05) is 18.4 Å². The molecule has 8 nitrogen and oxygen atoms in total. The number of hydrogen-bond acceptors (Lipinski definition) is 7. The molecule has 0 spiro atoms. The van der Waals surface area contributed by atoms with Crippen LogP contribution in [-0.2, 0) is 11.2 Å². The molecule has 0 radical (unpaired) electrons. The number of aromatic nitrogens is 2. The first-order valence-electron chi connectivity index (χ1n) is 8.48. The van der Waals surface area contributed by atoms with Crippen LogP contribution in [-0.4, -0.2) is 30.3 Å². The average molecular weight is 371 g/mol. The van der Waals surface area contributed by atoms with Crippen molar-refractivity contribution in [2.45, 2.75) is 25.8 Å². The smallest absolute Gasteiger partial charge is 0.227 e. The van der Waals surface area contributed by atoms with Gasteiger partial charge in [0.25, 0.3) is 0 Å². The minimum absolute atomic E-state index is 0.121. The highest BCUT2D eigenvalue weighted by Crippen LogP contribution is 2.31. The molecular formula is C19H21N3O5. The van der Waals surface area contributed by atoms with Crippen molar-refractivity contribution >= 4 is 5.91 Å². The normalized spacial score (nSPS) is 11.8. The summed E-state index contributed by atoms with van der Waals surface area (Å²) in [5.41, 5.74) is 0.735. The number of ether oxygens (including phenoxy) is 2. The van der Waals surface area contributed by atoms with Crippen LogP contribution in [0.3, 0.4) is 0 Å². The Kier molecular flexibility index (Phi) is 5.75. The molecule has 0 bridgehead atoms. The van der Waals surface area contributed by atoms with E-state index >= 15 is 0 Å². The Morgan fingerprint density at radius 1 is 1.22 bits per heavy atom. The van der Waals surface area contributed by atoms with Crippen LogP contribution in [0.5, 0.6) is 11.5 Å². The van der Waals surface area contributed by atoms with Crippen molar-refractivity contribution in [2.75, 3.05) is 14.2 Å². The predicted octanol–water partition coefficient (Wildman–Crippen LogP) is 3.16. The SMILES string of the molecule is COc1ccc(-c2noc(CCC(=O)NC(C)c3ccco3)n2)cc1OC. The van der Waals surface area contributed by atoms with Crippen molar-refractivity contribution in [3.8, 4) is 22.9 Å². The lowest BCUT2D eigenvalue weighted by Gasteiger charge is -2.10. The first-order valence-corrected chi connectivity index (χ1v) is 8.48. The van der Waals surface area contributed by atoms with Gasteiger partial charge in [0.15, 0.2) is 11.5 Å². The van der Waals surface area contributed by atoms with Gasteiger partial charge in [-0.1, -0.05) is 5.16 Å². The number of hydrogen-bond donors (Lipinski definition) is 1. The molecule has 1 aromatic carbocycles. The number of carbonyl (C=O) groups is 1. The van der Waals surface area contributed by atoms with Crippen molar-refractivity contribution in [3.63, 3.8) is 0 Å². The fraction of sp³-hybridized carbons (Fsp3) is 0.316. The number of amides is 1. The summed E-state index contributed by atoms with van der Waals surface area (Å²) in [4.78, 5) is 16.4. The van der Waals surface area contributed by atoms with Crippen LogP contribution in [0.1, 0.15) is 31.0 Å². The molecule has 0 aliphatic heterocycles. The third-order valence-electron chi connectivity index (χ3n) is 4.02. The van der Waals surface area contributed by atoms with E-state index in [1.165, 1.54) is 0 Å². The summed E-state index contributed by atoms with van der Waals surface area (Å²) in [7, 11) is 3.13. The molecule has 8 heteroatoms. The van der Waals surface area contributed by atoms with Crippen LogP contribution < -0.4 is 14.8 Å². The number of methoxy groups -OCH3 is 2. The lowest BCUT2D eigenvalue weighted by molar-refractivity contribution is -0.121. The summed E-state index contributed by atoms with van der Waals surface area (Å²) < 4.78 is 21.0. The van der Waals surface area contributed by atoms with Crippen molar-refractivity contribution in [1.29, 1.82) is 0 Å². The van der Waals surface area contributed by atoms with E-state index in [2.05, 4.69) is 15.5 Å². The largest absolute Gasteiger partial charge is 0.493 e. The Morgan fingerprint density at radius 2 is 2.04 bits per heavy atom. The summed E-state index contributed by atoms with van der Waals surface area (Å²) in [6, 6.07) is 8.76. The molecule has 1 N–H and O–H groups in total. The van der Waals surface area contributed by atoms with E-state index in [0.717, 1.165) is 5.56 Å². The number of nitrogens with one attached hydrogen (secondary N) is 1. The highest BCUT2D eigenvalue weighted by Gasteiger charge is 2.15. The van der Waals surface area contributed by atoms with E-state index in [-0.39, 0.29) is 18.4 Å². The van der Waals surface area contributed by atoms with Gasteiger partial charge in [0.2, 0.25) is 17.6 Å². The molecule has 0 fully saturated rings. The standard InChI is InChI=1S/C19H21N3O5/c1-12(14-5-4-10-26-14)20-17(23)8-9-18-21-19(22-27-18)13-6-7-15(24-2)16(11-13)25-3/h4-7,10-12H,8-9H2,1-3H3,(H,20,23). The third kappa shape index (κ3) is 4.46. The monoisotopic (exact) mass is 371 g/mol. The zero-order valence-electron chi connectivity index (χ0n) is 15.4. The van der Waals surface area contributed by atoms with Gasteiger partial charge >= 0.3 is 0 Å². The second-order valence-corrected chi connectivity index (χ2v) is 5.89. The maximum absolute atomic E-state index is 12.1. The Hall–Kier alpha value is -3.29. The molecule has 0 aliphatic rings. The van der Waals surface area contributed by atoms with Crippen LogP contribution in [0.2, 0.25) is 0 Å². The van der Waals surface area contributed by atoms with Gasteiger partial charge in [-0.25, -0.2) is 0 Å².